The van der Waals surface area contributed by atoms with Crippen LogP contribution in [0.4, 0.5) is 11.6 Å². The number of hydrogen-bond acceptors (Lipinski definition) is 4. The lowest BCUT2D eigenvalue weighted by molar-refractivity contribution is 0.475. The molecule has 2 rings (SSSR count). The Labute approximate surface area is 116 Å². The topological polar surface area (TPSA) is 55.0 Å². The molecule has 2 heterocycles. The summed E-state index contributed by atoms with van der Waals surface area (Å²) in [7, 11) is 0. The van der Waals surface area contributed by atoms with Crippen LogP contribution < -0.4 is 10.6 Å². The van der Waals surface area contributed by atoms with Crippen molar-refractivity contribution in [3.63, 3.8) is 0 Å². The van der Waals surface area contributed by atoms with E-state index in [9.17, 15) is 0 Å². The Hall–Kier alpha value is -1.32. The molecule has 106 valence electrons. The Bertz CT molecular complexity index is 462. The van der Waals surface area contributed by atoms with Gasteiger partial charge in [-0.25, -0.2) is 9.97 Å². The second kappa shape index (κ2) is 4.99. The molecule has 4 heteroatoms. The van der Waals surface area contributed by atoms with Gasteiger partial charge in [-0.3, -0.25) is 0 Å². The van der Waals surface area contributed by atoms with Gasteiger partial charge in [0.05, 0.1) is 0 Å². The molecule has 1 saturated heterocycles. The number of aromatic nitrogens is 2. The lowest BCUT2D eigenvalue weighted by atomic mass is 9.95. The first-order valence-corrected chi connectivity index (χ1v) is 7.22. The molecule has 1 aromatic rings. The van der Waals surface area contributed by atoms with Crippen molar-refractivity contribution in [2.24, 2.45) is 0 Å². The fourth-order valence-electron chi connectivity index (χ4n) is 2.55. The molecule has 2 N–H and O–H groups in total. The molecule has 0 aromatic carbocycles. The average molecular weight is 262 g/mol. The summed E-state index contributed by atoms with van der Waals surface area (Å²) in [5, 5.41) is 0. The van der Waals surface area contributed by atoms with E-state index in [-0.39, 0.29) is 5.41 Å². The van der Waals surface area contributed by atoms with Gasteiger partial charge in [-0.2, -0.15) is 0 Å². The first kappa shape index (κ1) is 14.1. The van der Waals surface area contributed by atoms with Crippen LogP contribution in [0.5, 0.6) is 0 Å². The fraction of sp³-hybridized carbons (Fsp3) is 0.733. The minimum atomic E-state index is -0.0738. The van der Waals surface area contributed by atoms with Gasteiger partial charge in [0.1, 0.15) is 17.5 Å². The largest absolute Gasteiger partial charge is 0.383 e. The van der Waals surface area contributed by atoms with Crippen LogP contribution in [0, 0.1) is 6.92 Å². The van der Waals surface area contributed by atoms with Crippen molar-refractivity contribution in [3.8, 4) is 0 Å². The molecule has 1 unspecified atom stereocenters. The monoisotopic (exact) mass is 262 g/mol. The number of hydrogen-bond donors (Lipinski definition) is 1. The maximum Gasteiger partial charge on any atom is 0.138 e. The first-order chi connectivity index (χ1) is 8.80. The lowest BCUT2D eigenvalue weighted by Gasteiger charge is -2.36. The van der Waals surface area contributed by atoms with Gasteiger partial charge in [-0.15, -0.1) is 0 Å². The van der Waals surface area contributed by atoms with Crippen molar-refractivity contribution < 1.29 is 0 Å². The Morgan fingerprint density at radius 1 is 1.21 bits per heavy atom. The summed E-state index contributed by atoms with van der Waals surface area (Å²) in [6.45, 7) is 11.7. The highest BCUT2D eigenvalue weighted by atomic mass is 15.2. The third-order valence-corrected chi connectivity index (χ3v) is 3.90. The summed E-state index contributed by atoms with van der Waals surface area (Å²) in [5.41, 5.74) is 7.03. The first-order valence-electron chi connectivity index (χ1n) is 7.22. The fourth-order valence-corrected chi connectivity index (χ4v) is 2.55. The third-order valence-electron chi connectivity index (χ3n) is 3.90. The zero-order chi connectivity index (χ0) is 14.2. The van der Waals surface area contributed by atoms with E-state index in [1.54, 1.807) is 0 Å². The van der Waals surface area contributed by atoms with Crippen molar-refractivity contribution >= 4 is 11.6 Å². The minimum absolute atomic E-state index is 0.0738. The van der Waals surface area contributed by atoms with Crippen LogP contribution in [0.3, 0.4) is 0 Å². The van der Waals surface area contributed by atoms with Gasteiger partial charge in [0, 0.05) is 23.6 Å². The van der Waals surface area contributed by atoms with Crippen LogP contribution in [-0.2, 0) is 5.41 Å². The average Bonchev–Trinajstić information content (AvgIpc) is 2.32. The van der Waals surface area contributed by atoms with E-state index in [4.69, 9.17) is 10.7 Å². The third kappa shape index (κ3) is 2.82. The van der Waals surface area contributed by atoms with Crippen molar-refractivity contribution in [2.45, 2.75) is 65.3 Å². The van der Waals surface area contributed by atoms with E-state index in [2.05, 4.69) is 37.6 Å². The molecule has 1 fully saturated rings. The molecule has 0 saturated carbocycles. The maximum atomic E-state index is 6.09. The van der Waals surface area contributed by atoms with E-state index >= 15 is 0 Å². The Kier molecular flexibility index (Phi) is 3.70. The van der Waals surface area contributed by atoms with Crippen molar-refractivity contribution in [1.82, 2.24) is 9.97 Å². The van der Waals surface area contributed by atoms with Gasteiger partial charge in [0.2, 0.25) is 0 Å². The standard InChI is InChI=1S/C15H26N4/c1-10-8-6-7-9-19(10)13-11(2)12(16)17-14(18-13)15(3,4)5/h10H,6-9H2,1-5H3,(H2,16,17,18). The predicted molar refractivity (Wildman–Crippen MR) is 80.5 cm³/mol. The number of piperidine rings is 1. The predicted octanol–water partition coefficient (Wildman–Crippen LogP) is 3.04. The number of anilines is 2. The van der Waals surface area contributed by atoms with Gasteiger partial charge in [-0.1, -0.05) is 20.8 Å². The normalized spacial score (nSPS) is 20.7. The molecule has 0 radical (unpaired) electrons. The molecule has 0 amide bonds. The van der Waals surface area contributed by atoms with E-state index in [0.717, 1.165) is 23.8 Å². The smallest absolute Gasteiger partial charge is 0.138 e. The van der Waals surface area contributed by atoms with E-state index in [1.165, 1.54) is 19.3 Å². The molecule has 0 bridgehead atoms. The van der Waals surface area contributed by atoms with Crippen LogP contribution >= 0.6 is 0 Å². The van der Waals surface area contributed by atoms with Crippen molar-refractivity contribution in [1.29, 1.82) is 0 Å². The Morgan fingerprint density at radius 3 is 2.47 bits per heavy atom. The minimum Gasteiger partial charge on any atom is -0.383 e. The molecule has 19 heavy (non-hydrogen) atoms. The molecular formula is C15H26N4. The Morgan fingerprint density at radius 2 is 1.89 bits per heavy atom. The van der Waals surface area contributed by atoms with E-state index < -0.39 is 0 Å². The van der Waals surface area contributed by atoms with Crippen molar-refractivity contribution in [3.05, 3.63) is 11.4 Å². The summed E-state index contributed by atoms with van der Waals surface area (Å²) in [5.74, 6) is 2.49. The molecule has 1 aromatic heterocycles. The van der Waals surface area contributed by atoms with E-state index in [1.807, 2.05) is 6.92 Å². The second-order valence-electron chi connectivity index (χ2n) is 6.67. The van der Waals surface area contributed by atoms with Gasteiger partial charge in [0.15, 0.2) is 0 Å². The van der Waals surface area contributed by atoms with Crippen LogP contribution in [0.15, 0.2) is 0 Å². The molecule has 0 spiro atoms. The Balaban J connectivity index is 2.46. The number of nitrogens with zero attached hydrogens (tertiary/aromatic N) is 3. The van der Waals surface area contributed by atoms with Crippen LogP contribution in [0.2, 0.25) is 0 Å². The summed E-state index contributed by atoms with van der Waals surface area (Å²) in [4.78, 5) is 11.7. The number of nitrogen functional groups attached to an aromatic ring is 1. The lowest BCUT2D eigenvalue weighted by Crippen LogP contribution is -2.39. The maximum absolute atomic E-state index is 6.09. The van der Waals surface area contributed by atoms with Crippen LogP contribution in [0.25, 0.3) is 0 Å². The van der Waals surface area contributed by atoms with Gasteiger partial charge in [-0.05, 0) is 33.1 Å². The highest BCUT2D eigenvalue weighted by Gasteiger charge is 2.26. The molecule has 1 atom stereocenters. The molecular weight excluding hydrogens is 236 g/mol. The van der Waals surface area contributed by atoms with Gasteiger partial charge >= 0.3 is 0 Å². The SMILES string of the molecule is Cc1c(N)nc(C(C)(C)C)nc1N1CCCCC1C. The zero-order valence-electron chi connectivity index (χ0n) is 12.8. The quantitative estimate of drug-likeness (QED) is 0.845. The summed E-state index contributed by atoms with van der Waals surface area (Å²) in [6, 6.07) is 0.537. The molecule has 4 nitrogen and oxygen atoms in total. The highest BCUT2D eigenvalue weighted by molar-refractivity contribution is 5.57. The molecule has 0 aliphatic carbocycles. The van der Waals surface area contributed by atoms with Crippen LogP contribution in [-0.4, -0.2) is 22.6 Å². The molecule has 1 aliphatic rings. The van der Waals surface area contributed by atoms with Gasteiger partial charge in [0.25, 0.3) is 0 Å². The van der Waals surface area contributed by atoms with E-state index in [0.29, 0.717) is 11.9 Å². The molecule has 1 aliphatic heterocycles. The summed E-state index contributed by atoms with van der Waals surface area (Å²) in [6.07, 6.45) is 3.77. The number of rotatable bonds is 1. The van der Waals surface area contributed by atoms with Gasteiger partial charge < -0.3 is 10.6 Å². The van der Waals surface area contributed by atoms with Crippen LogP contribution in [0.1, 0.15) is 58.3 Å². The summed E-state index contributed by atoms with van der Waals surface area (Å²) < 4.78 is 0. The van der Waals surface area contributed by atoms with Crippen molar-refractivity contribution in [2.75, 3.05) is 17.2 Å². The second-order valence-corrected chi connectivity index (χ2v) is 6.67. The number of nitrogens with two attached hydrogens (primary N) is 1. The summed E-state index contributed by atoms with van der Waals surface area (Å²) >= 11 is 0. The zero-order valence-corrected chi connectivity index (χ0v) is 12.8. The highest BCUT2D eigenvalue weighted by Crippen LogP contribution is 2.30.